The standard InChI is InChI=1S/C14H20BrNO3/c1-16(7-9-19-8-6-15)14(17)11-12-4-3-5-13(10-12)18-2/h3-5,10H,6-9,11H2,1-2H3. The predicted molar refractivity (Wildman–Crippen MR) is 78.9 cm³/mol. The number of carbonyl (C=O) groups excluding carboxylic acids is 1. The lowest BCUT2D eigenvalue weighted by Gasteiger charge is -2.17. The molecular weight excluding hydrogens is 310 g/mol. The minimum absolute atomic E-state index is 0.0793. The van der Waals surface area contributed by atoms with Crippen molar-refractivity contribution >= 4 is 21.8 Å². The van der Waals surface area contributed by atoms with Gasteiger partial charge < -0.3 is 14.4 Å². The Bertz CT molecular complexity index is 398. The summed E-state index contributed by atoms with van der Waals surface area (Å²) in [6, 6.07) is 7.56. The zero-order valence-corrected chi connectivity index (χ0v) is 13.0. The lowest BCUT2D eigenvalue weighted by atomic mass is 10.1. The van der Waals surface area contributed by atoms with Gasteiger partial charge in [0.2, 0.25) is 5.91 Å². The van der Waals surface area contributed by atoms with Crippen LogP contribution in [0.15, 0.2) is 24.3 Å². The molecule has 0 N–H and O–H groups in total. The summed E-state index contributed by atoms with van der Waals surface area (Å²) in [6.07, 6.45) is 0.381. The number of methoxy groups -OCH3 is 1. The van der Waals surface area contributed by atoms with E-state index in [4.69, 9.17) is 9.47 Å². The lowest BCUT2D eigenvalue weighted by molar-refractivity contribution is -0.129. The van der Waals surface area contributed by atoms with Gasteiger partial charge in [-0.05, 0) is 17.7 Å². The third-order valence-electron chi connectivity index (χ3n) is 2.71. The number of rotatable bonds is 8. The monoisotopic (exact) mass is 329 g/mol. The Morgan fingerprint density at radius 1 is 1.37 bits per heavy atom. The highest BCUT2D eigenvalue weighted by molar-refractivity contribution is 9.09. The van der Waals surface area contributed by atoms with E-state index in [0.29, 0.717) is 26.2 Å². The van der Waals surface area contributed by atoms with Crippen molar-refractivity contribution in [3.8, 4) is 5.75 Å². The van der Waals surface area contributed by atoms with Gasteiger partial charge in [0.15, 0.2) is 0 Å². The van der Waals surface area contributed by atoms with Crippen LogP contribution in [0.1, 0.15) is 5.56 Å². The van der Waals surface area contributed by atoms with Crippen LogP contribution in [-0.2, 0) is 16.0 Å². The highest BCUT2D eigenvalue weighted by Crippen LogP contribution is 2.13. The summed E-state index contributed by atoms with van der Waals surface area (Å²) in [6.45, 7) is 1.83. The van der Waals surface area contributed by atoms with Gasteiger partial charge in [-0.2, -0.15) is 0 Å². The molecule has 106 valence electrons. The molecule has 1 amide bonds. The summed E-state index contributed by atoms with van der Waals surface area (Å²) in [4.78, 5) is 13.7. The highest BCUT2D eigenvalue weighted by Gasteiger charge is 2.09. The first-order chi connectivity index (χ1) is 9.17. The second-order valence-corrected chi connectivity index (χ2v) is 4.94. The van der Waals surface area contributed by atoms with Gasteiger partial charge in [-0.3, -0.25) is 4.79 Å². The Hall–Kier alpha value is -1.07. The molecule has 0 aliphatic carbocycles. The number of hydrogen-bond donors (Lipinski definition) is 0. The highest BCUT2D eigenvalue weighted by atomic mass is 79.9. The van der Waals surface area contributed by atoms with Gasteiger partial charge in [-0.25, -0.2) is 0 Å². The van der Waals surface area contributed by atoms with Crippen molar-refractivity contribution < 1.29 is 14.3 Å². The van der Waals surface area contributed by atoms with E-state index in [0.717, 1.165) is 16.6 Å². The van der Waals surface area contributed by atoms with Crippen molar-refractivity contribution in [1.29, 1.82) is 0 Å². The summed E-state index contributed by atoms with van der Waals surface area (Å²) >= 11 is 3.29. The Labute approximate surface area is 122 Å². The maximum atomic E-state index is 12.0. The van der Waals surface area contributed by atoms with Crippen LogP contribution in [0.3, 0.4) is 0 Å². The summed E-state index contributed by atoms with van der Waals surface area (Å²) in [7, 11) is 3.41. The Balaban J connectivity index is 2.40. The van der Waals surface area contributed by atoms with E-state index in [9.17, 15) is 4.79 Å². The number of alkyl halides is 1. The Morgan fingerprint density at radius 2 is 2.16 bits per heavy atom. The molecular formula is C14H20BrNO3. The zero-order valence-electron chi connectivity index (χ0n) is 11.4. The summed E-state index contributed by atoms with van der Waals surface area (Å²) < 4.78 is 10.5. The molecule has 0 unspecified atom stereocenters. The number of likely N-dealkylation sites (N-methyl/N-ethyl adjacent to an activating group) is 1. The first-order valence-corrected chi connectivity index (χ1v) is 7.30. The lowest BCUT2D eigenvalue weighted by Crippen LogP contribution is -2.31. The van der Waals surface area contributed by atoms with Crippen LogP contribution in [0.5, 0.6) is 5.75 Å². The summed E-state index contributed by atoms with van der Waals surface area (Å²) in [5.41, 5.74) is 0.956. The minimum Gasteiger partial charge on any atom is -0.497 e. The number of amides is 1. The van der Waals surface area contributed by atoms with Gasteiger partial charge in [0.05, 0.1) is 26.7 Å². The van der Waals surface area contributed by atoms with Crippen molar-refractivity contribution in [3.05, 3.63) is 29.8 Å². The molecule has 5 heteroatoms. The van der Waals surface area contributed by atoms with Crippen LogP contribution in [0.25, 0.3) is 0 Å². The van der Waals surface area contributed by atoms with Crippen molar-refractivity contribution in [2.24, 2.45) is 0 Å². The number of halogens is 1. The molecule has 0 aliphatic rings. The van der Waals surface area contributed by atoms with Gasteiger partial charge in [0.25, 0.3) is 0 Å². The fourth-order valence-corrected chi connectivity index (χ4v) is 1.80. The van der Waals surface area contributed by atoms with Crippen LogP contribution in [0, 0.1) is 0 Å². The smallest absolute Gasteiger partial charge is 0.226 e. The third-order valence-corrected chi connectivity index (χ3v) is 3.03. The van der Waals surface area contributed by atoms with Crippen molar-refractivity contribution in [2.45, 2.75) is 6.42 Å². The van der Waals surface area contributed by atoms with E-state index in [-0.39, 0.29) is 5.91 Å². The van der Waals surface area contributed by atoms with Crippen molar-refractivity contribution in [1.82, 2.24) is 4.90 Å². The molecule has 0 saturated heterocycles. The van der Waals surface area contributed by atoms with Gasteiger partial charge in [0.1, 0.15) is 5.75 Å². The minimum atomic E-state index is 0.0793. The molecule has 1 aromatic carbocycles. The molecule has 0 saturated carbocycles. The first-order valence-electron chi connectivity index (χ1n) is 6.18. The largest absolute Gasteiger partial charge is 0.497 e. The van der Waals surface area contributed by atoms with Crippen LogP contribution in [-0.4, -0.2) is 50.1 Å². The van der Waals surface area contributed by atoms with E-state index in [1.807, 2.05) is 24.3 Å². The van der Waals surface area contributed by atoms with Gasteiger partial charge in [-0.15, -0.1) is 0 Å². The molecule has 0 fully saturated rings. The maximum absolute atomic E-state index is 12.0. The second kappa shape index (κ2) is 8.93. The van der Waals surface area contributed by atoms with E-state index < -0.39 is 0 Å². The van der Waals surface area contributed by atoms with E-state index in [2.05, 4.69) is 15.9 Å². The van der Waals surface area contributed by atoms with Gasteiger partial charge in [-0.1, -0.05) is 28.1 Å². The topological polar surface area (TPSA) is 38.8 Å². The van der Waals surface area contributed by atoms with E-state index in [1.54, 1.807) is 19.1 Å². The molecule has 1 aromatic rings. The maximum Gasteiger partial charge on any atom is 0.226 e. The van der Waals surface area contributed by atoms with E-state index in [1.165, 1.54) is 0 Å². The number of ether oxygens (including phenoxy) is 2. The SMILES string of the molecule is COc1cccc(CC(=O)N(C)CCOCCBr)c1. The summed E-state index contributed by atoms with van der Waals surface area (Å²) in [5.74, 6) is 0.851. The average molecular weight is 330 g/mol. The number of carbonyl (C=O) groups is 1. The molecule has 0 atom stereocenters. The Kier molecular flexibility index (Phi) is 7.52. The molecule has 0 bridgehead atoms. The van der Waals surface area contributed by atoms with Crippen molar-refractivity contribution in [3.63, 3.8) is 0 Å². The zero-order chi connectivity index (χ0) is 14.1. The first kappa shape index (κ1) is 16.0. The van der Waals surface area contributed by atoms with Crippen LogP contribution < -0.4 is 4.74 Å². The molecule has 19 heavy (non-hydrogen) atoms. The predicted octanol–water partition coefficient (Wildman–Crippen LogP) is 2.11. The Morgan fingerprint density at radius 3 is 2.84 bits per heavy atom. The van der Waals surface area contributed by atoms with Crippen LogP contribution in [0.2, 0.25) is 0 Å². The molecule has 1 rings (SSSR count). The number of benzene rings is 1. The van der Waals surface area contributed by atoms with Gasteiger partial charge >= 0.3 is 0 Å². The molecule has 0 radical (unpaired) electrons. The fraction of sp³-hybridized carbons (Fsp3) is 0.500. The molecule has 0 heterocycles. The number of nitrogens with zero attached hydrogens (tertiary/aromatic N) is 1. The van der Waals surface area contributed by atoms with E-state index >= 15 is 0 Å². The van der Waals surface area contributed by atoms with Gasteiger partial charge in [0, 0.05) is 18.9 Å². The normalized spacial score (nSPS) is 10.3. The fourth-order valence-electron chi connectivity index (χ4n) is 1.57. The summed E-state index contributed by atoms with van der Waals surface area (Å²) in [5, 5.41) is 0.814. The molecule has 4 nitrogen and oxygen atoms in total. The van der Waals surface area contributed by atoms with Crippen LogP contribution >= 0.6 is 15.9 Å². The molecule has 0 spiro atoms. The van der Waals surface area contributed by atoms with Crippen LogP contribution in [0.4, 0.5) is 0 Å². The second-order valence-electron chi connectivity index (χ2n) is 4.14. The average Bonchev–Trinajstić information content (AvgIpc) is 2.43. The third kappa shape index (κ3) is 6.07. The number of hydrogen-bond acceptors (Lipinski definition) is 3. The quantitative estimate of drug-likeness (QED) is 0.541. The molecule has 0 aromatic heterocycles. The molecule has 0 aliphatic heterocycles. The van der Waals surface area contributed by atoms with Crippen molar-refractivity contribution in [2.75, 3.05) is 39.2 Å².